The van der Waals surface area contributed by atoms with Crippen LogP contribution in [0.2, 0.25) is 10.0 Å². The number of sulfone groups is 1. The largest absolute Gasteiger partial charge is 0.344 e. The molecule has 1 aliphatic rings. The highest BCUT2D eigenvalue weighted by Gasteiger charge is 2.30. The predicted molar refractivity (Wildman–Crippen MR) is 106 cm³/mol. The average molecular weight is 427 g/mol. The molecule has 0 saturated carbocycles. The van der Waals surface area contributed by atoms with Gasteiger partial charge in [-0.15, -0.1) is 0 Å². The van der Waals surface area contributed by atoms with E-state index >= 15 is 0 Å². The van der Waals surface area contributed by atoms with E-state index in [0.29, 0.717) is 22.2 Å². The molecular formula is C18H16Cl2N2O4S. The fraction of sp³-hybridized carbons (Fsp3) is 0.222. The Bertz CT molecular complexity index is 1010. The van der Waals surface area contributed by atoms with E-state index in [0.717, 1.165) is 11.1 Å². The summed E-state index contributed by atoms with van der Waals surface area (Å²) >= 11 is 12.0. The summed E-state index contributed by atoms with van der Waals surface area (Å²) in [5.41, 5.74) is 2.02. The second kappa shape index (κ2) is 7.88. The van der Waals surface area contributed by atoms with Crippen LogP contribution in [0.5, 0.6) is 0 Å². The van der Waals surface area contributed by atoms with Gasteiger partial charge in [0.15, 0.2) is 9.84 Å². The standard InChI is InChI=1S/C18H16Cl2N2O4S/c19-15-5-4-12(9-16(15)20)11-2-1-3-13(8-11)21-17(23)18(24)22-14-6-7-27(25,26)10-14/h1-5,8-9,14H,6-7,10H2,(H,21,23)(H,22,24)/t14-/m0/s1. The summed E-state index contributed by atoms with van der Waals surface area (Å²) < 4.78 is 22.9. The molecule has 0 aromatic heterocycles. The van der Waals surface area contributed by atoms with Crippen LogP contribution in [0, 0.1) is 0 Å². The summed E-state index contributed by atoms with van der Waals surface area (Å²) in [6.45, 7) is 0. The first-order valence-corrected chi connectivity index (χ1v) is 10.7. The monoisotopic (exact) mass is 426 g/mol. The number of rotatable bonds is 3. The lowest BCUT2D eigenvalue weighted by Crippen LogP contribution is -2.42. The van der Waals surface area contributed by atoms with Crippen LogP contribution >= 0.6 is 23.2 Å². The van der Waals surface area contributed by atoms with Gasteiger partial charge in [0.25, 0.3) is 0 Å². The molecule has 0 aliphatic carbocycles. The highest BCUT2D eigenvalue weighted by atomic mass is 35.5. The van der Waals surface area contributed by atoms with Gasteiger partial charge in [0.1, 0.15) is 0 Å². The Hall–Kier alpha value is -2.09. The molecule has 0 unspecified atom stereocenters. The fourth-order valence-corrected chi connectivity index (χ4v) is 4.77. The molecule has 0 spiro atoms. The maximum absolute atomic E-state index is 12.1. The number of amides is 2. The first kappa shape index (κ1) is 19.7. The number of carbonyl (C=O) groups is 2. The van der Waals surface area contributed by atoms with Crippen LogP contribution < -0.4 is 10.6 Å². The molecule has 27 heavy (non-hydrogen) atoms. The quantitative estimate of drug-likeness (QED) is 0.737. The number of hydrogen-bond donors (Lipinski definition) is 2. The van der Waals surface area contributed by atoms with Gasteiger partial charge >= 0.3 is 11.8 Å². The maximum atomic E-state index is 12.1. The third-order valence-corrected chi connectivity index (χ3v) is 6.65. The summed E-state index contributed by atoms with van der Waals surface area (Å²) in [5.74, 6) is -1.84. The molecule has 0 radical (unpaired) electrons. The number of hydrogen-bond acceptors (Lipinski definition) is 4. The van der Waals surface area contributed by atoms with Crippen LogP contribution in [0.3, 0.4) is 0 Å². The van der Waals surface area contributed by atoms with E-state index in [1.807, 2.05) is 6.07 Å². The molecule has 1 atom stereocenters. The van der Waals surface area contributed by atoms with Gasteiger partial charge in [0.2, 0.25) is 0 Å². The topological polar surface area (TPSA) is 92.3 Å². The molecule has 2 N–H and O–H groups in total. The van der Waals surface area contributed by atoms with Crippen molar-refractivity contribution in [1.82, 2.24) is 5.32 Å². The molecule has 1 fully saturated rings. The van der Waals surface area contributed by atoms with Crippen molar-refractivity contribution in [3.05, 3.63) is 52.5 Å². The first-order valence-electron chi connectivity index (χ1n) is 8.11. The normalized spacial score (nSPS) is 18.1. The van der Waals surface area contributed by atoms with E-state index < -0.39 is 27.7 Å². The number of carbonyl (C=O) groups excluding carboxylic acids is 2. The maximum Gasteiger partial charge on any atom is 0.313 e. The van der Waals surface area contributed by atoms with Crippen molar-refractivity contribution in [1.29, 1.82) is 0 Å². The SMILES string of the molecule is O=C(Nc1cccc(-c2ccc(Cl)c(Cl)c2)c1)C(=O)N[C@H]1CCS(=O)(=O)C1. The number of benzene rings is 2. The van der Waals surface area contributed by atoms with Crippen molar-refractivity contribution in [2.45, 2.75) is 12.5 Å². The Balaban J connectivity index is 1.67. The third kappa shape index (κ3) is 5.00. The van der Waals surface area contributed by atoms with Crippen molar-refractivity contribution >= 4 is 50.5 Å². The van der Waals surface area contributed by atoms with E-state index in [2.05, 4.69) is 10.6 Å². The molecular weight excluding hydrogens is 411 g/mol. The van der Waals surface area contributed by atoms with Crippen LogP contribution in [-0.2, 0) is 19.4 Å². The molecule has 2 aromatic rings. The molecule has 0 bridgehead atoms. The van der Waals surface area contributed by atoms with Gasteiger partial charge in [-0.25, -0.2) is 8.42 Å². The van der Waals surface area contributed by atoms with Gasteiger partial charge in [0.05, 0.1) is 21.6 Å². The van der Waals surface area contributed by atoms with E-state index in [1.54, 1.807) is 36.4 Å². The Morgan fingerprint density at radius 3 is 2.37 bits per heavy atom. The zero-order valence-electron chi connectivity index (χ0n) is 14.0. The van der Waals surface area contributed by atoms with Crippen molar-refractivity contribution < 1.29 is 18.0 Å². The molecule has 1 saturated heterocycles. The highest BCUT2D eigenvalue weighted by Crippen LogP contribution is 2.29. The lowest BCUT2D eigenvalue weighted by atomic mass is 10.1. The van der Waals surface area contributed by atoms with E-state index in [1.165, 1.54) is 0 Å². The fourth-order valence-electron chi connectivity index (χ4n) is 2.80. The second-order valence-electron chi connectivity index (χ2n) is 6.24. The first-order chi connectivity index (χ1) is 12.7. The van der Waals surface area contributed by atoms with Gasteiger partial charge in [0, 0.05) is 11.7 Å². The molecule has 1 heterocycles. The Labute approximate surface area is 166 Å². The second-order valence-corrected chi connectivity index (χ2v) is 9.28. The van der Waals surface area contributed by atoms with E-state index in [4.69, 9.17) is 23.2 Å². The highest BCUT2D eigenvalue weighted by molar-refractivity contribution is 7.91. The van der Waals surface area contributed by atoms with E-state index in [-0.39, 0.29) is 11.5 Å². The summed E-state index contributed by atoms with van der Waals surface area (Å²) in [4.78, 5) is 24.1. The van der Waals surface area contributed by atoms with Crippen molar-refractivity contribution in [2.24, 2.45) is 0 Å². The molecule has 2 aromatic carbocycles. The number of anilines is 1. The van der Waals surface area contributed by atoms with Crippen LogP contribution in [-0.4, -0.2) is 37.8 Å². The Morgan fingerprint density at radius 2 is 1.70 bits per heavy atom. The minimum absolute atomic E-state index is 0.0191. The van der Waals surface area contributed by atoms with E-state index in [9.17, 15) is 18.0 Å². The van der Waals surface area contributed by atoms with Gasteiger partial charge in [-0.1, -0.05) is 41.4 Å². The molecule has 2 amide bonds. The lowest BCUT2D eigenvalue weighted by molar-refractivity contribution is -0.136. The van der Waals surface area contributed by atoms with Gasteiger partial charge < -0.3 is 10.6 Å². The molecule has 9 heteroatoms. The third-order valence-electron chi connectivity index (χ3n) is 4.15. The summed E-state index contributed by atoms with van der Waals surface area (Å²) in [6, 6.07) is 11.6. The predicted octanol–water partition coefficient (Wildman–Crippen LogP) is 2.90. The molecule has 142 valence electrons. The Kier molecular flexibility index (Phi) is 5.74. The summed E-state index contributed by atoms with van der Waals surface area (Å²) in [5, 5.41) is 5.82. The molecule has 6 nitrogen and oxygen atoms in total. The lowest BCUT2D eigenvalue weighted by Gasteiger charge is -2.11. The molecule has 1 aliphatic heterocycles. The Morgan fingerprint density at radius 1 is 0.963 bits per heavy atom. The minimum atomic E-state index is -3.14. The van der Waals surface area contributed by atoms with Gasteiger partial charge in [-0.05, 0) is 41.8 Å². The zero-order chi connectivity index (χ0) is 19.6. The summed E-state index contributed by atoms with van der Waals surface area (Å²) in [7, 11) is -3.14. The minimum Gasteiger partial charge on any atom is -0.344 e. The molecule has 3 rings (SSSR count). The number of halogens is 2. The average Bonchev–Trinajstić information content (AvgIpc) is 2.96. The summed E-state index contributed by atoms with van der Waals surface area (Å²) in [6.07, 6.45) is 0.314. The van der Waals surface area contributed by atoms with Crippen LogP contribution in [0.4, 0.5) is 5.69 Å². The van der Waals surface area contributed by atoms with Crippen molar-refractivity contribution in [3.63, 3.8) is 0 Å². The van der Waals surface area contributed by atoms with Gasteiger partial charge in [-0.3, -0.25) is 9.59 Å². The van der Waals surface area contributed by atoms with Gasteiger partial charge in [-0.2, -0.15) is 0 Å². The van der Waals surface area contributed by atoms with Crippen LogP contribution in [0.1, 0.15) is 6.42 Å². The van der Waals surface area contributed by atoms with Crippen molar-refractivity contribution in [2.75, 3.05) is 16.8 Å². The zero-order valence-corrected chi connectivity index (χ0v) is 16.4. The smallest absolute Gasteiger partial charge is 0.313 e. The van der Waals surface area contributed by atoms with Crippen LogP contribution in [0.25, 0.3) is 11.1 Å². The van der Waals surface area contributed by atoms with Crippen LogP contribution in [0.15, 0.2) is 42.5 Å². The van der Waals surface area contributed by atoms with Crippen molar-refractivity contribution in [3.8, 4) is 11.1 Å². The number of nitrogens with one attached hydrogen (secondary N) is 2.